The molecule has 0 N–H and O–H groups in total. The molecule has 4 heteroatoms. The monoisotopic (exact) mass is 258 g/mol. The van der Waals surface area contributed by atoms with Crippen molar-refractivity contribution in [3.05, 3.63) is 52.1 Å². The number of fused-ring (bicyclic) bond motifs is 1. The summed E-state index contributed by atoms with van der Waals surface area (Å²) in [6.07, 6.45) is 6.43. The van der Waals surface area contributed by atoms with Crippen molar-refractivity contribution in [2.24, 2.45) is 0 Å². The predicted molar refractivity (Wildman–Crippen MR) is 68.5 cm³/mol. The lowest BCUT2D eigenvalue weighted by atomic mass is 10.1. The van der Waals surface area contributed by atoms with Crippen LogP contribution in [0.25, 0.3) is 0 Å². The summed E-state index contributed by atoms with van der Waals surface area (Å²) >= 11 is 1.55. The first-order valence-corrected chi connectivity index (χ1v) is 6.48. The number of hydrogen-bond donors (Lipinski definition) is 0. The number of rotatable bonds is 1. The van der Waals surface area contributed by atoms with Crippen LogP contribution in [0.5, 0.6) is 0 Å². The van der Waals surface area contributed by atoms with Gasteiger partial charge in [-0.15, -0.1) is 0 Å². The third-order valence-electron chi connectivity index (χ3n) is 2.88. The van der Waals surface area contributed by atoms with Crippen molar-refractivity contribution in [2.45, 2.75) is 17.7 Å². The number of aldehydes is 1. The van der Waals surface area contributed by atoms with Gasteiger partial charge in [-0.3, -0.25) is 4.79 Å². The molecule has 90 valence electrons. The highest BCUT2D eigenvalue weighted by Crippen LogP contribution is 2.40. The molecule has 0 aromatic heterocycles. The van der Waals surface area contributed by atoms with Crippen molar-refractivity contribution in [1.82, 2.24) is 0 Å². The molecule has 0 unspecified atom stereocenters. The molecule has 0 spiro atoms. The maximum atomic E-state index is 12.0. The first kappa shape index (κ1) is 11.3. The van der Waals surface area contributed by atoms with Crippen LogP contribution in [0, 0.1) is 0 Å². The van der Waals surface area contributed by atoms with Gasteiger partial charge >= 0.3 is 5.97 Å². The highest BCUT2D eigenvalue weighted by atomic mass is 32.2. The summed E-state index contributed by atoms with van der Waals surface area (Å²) in [5, 5.41) is 0. The highest BCUT2D eigenvalue weighted by Gasteiger charge is 2.24. The van der Waals surface area contributed by atoms with Gasteiger partial charge in [0, 0.05) is 15.4 Å². The predicted octanol–water partition coefficient (Wildman–Crippen LogP) is 3.32. The van der Waals surface area contributed by atoms with Crippen LogP contribution in [0.3, 0.4) is 0 Å². The second kappa shape index (κ2) is 4.46. The van der Waals surface area contributed by atoms with Crippen LogP contribution in [0.1, 0.15) is 33.6 Å². The zero-order valence-corrected chi connectivity index (χ0v) is 10.3. The molecule has 0 saturated carbocycles. The Bertz CT molecular complexity index is 599. The summed E-state index contributed by atoms with van der Waals surface area (Å²) in [5.41, 5.74) is 0.953. The van der Waals surface area contributed by atoms with Gasteiger partial charge in [0.05, 0.1) is 5.56 Å². The Hall–Kier alpha value is -1.81. The molecule has 0 saturated heterocycles. The Morgan fingerprint density at radius 1 is 1.33 bits per heavy atom. The van der Waals surface area contributed by atoms with Crippen molar-refractivity contribution in [3.8, 4) is 0 Å². The van der Waals surface area contributed by atoms with E-state index in [9.17, 15) is 9.59 Å². The average molecular weight is 258 g/mol. The summed E-state index contributed by atoms with van der Waals surface area (Å²) in [6.45, 7) is 0. The van der Waals surface area contributed by atoms with Gasteiger partial charge in [0.15, 0.2) is 0 Å². The molecule has 2 aliphatic rings. The van der Waals surface area contributed by atoms with E-state index in [4.69, 9.17) is 4.74 Å². The number of hydrogen-bond acceptors (Lipinski definition) is 4. The Morgan fingerprint density at radius 2 is 2.22 bits per heavy atom. The van der Waals surface area contributed by atoms with E-state index in [0.717, 1.165) is 28.9 Å². The van der Waals surface area contributed by atoms with E-state index in [1.807, 2.05) is 12.2 Å². The minimum absolute atomic E-state index is 0.391. The molecule has 3 rings (SSSR count). The molecular weight excluding hydrogens is 248 g/mol. The molecule has 3 nitrogen and oxygen atoms in total. The molecular formula is C14H10O3S. The van der Waals surface area contributed by atoms with Gasteiger partial charge in [0.2, 0.25) is 0 Å². The molecule has 1 heterocycles. The fraction of sp³-hybridized carbons (Fsp3) is 0.143. The zero-order chi connectivity index (χ0) is 12.5. The maximum Gasteiger partial charge on any atom is 0.344 e. The summed E-state index contributed by atoms with van der Waals surface area (Å²) < 4.78 is 5.36. The topological polar surface area (TPSA) is 43.4 Å². The van der Waals surface area contributed by atoms with Gasteiger partial charge in [0.1, 0.15) is 12.0 Å². The van der Waals surface area contributed by atoms with E-state index in [-0.39, 0.29) is 0 Å². The normalized spacial score (nSPS) is 17.7. The van der Waals surface area contributed by atoms with E-state index in [1.54, 1.807) is 30.0 Å². The first-order chi connectivity index (χ1) is 8.78. The quantitative estimate of drug-likeness (QED) is 0.572. The number of allylic oxidation sites excluding steroid dienone is 3. The lowest BCUT2D eigenvalue weighted by Gasteiger charge is -2.10. The molecule has 1 aliphatic heterocycles. The van der Waals surface area contributed by atoms with Gasteiger partial charge in [-0.1, -0.05) is 23.9 Å². The molecule has 1 aromatic rings. The van der Waals surface area contributed by atoms with E-state index in [1.165, 1.54) is 0 Å². The Labute approximate surface area is 109 Å². The van der Waals surface area contributed by atoms with Crippen molar-refractivity contribution < 1.29 is 14.3 Å². The van der Waals surface area contributed by atoms with Gasteiger partial charge in [-0.2, -0.15) is 0 Å². The third-order valence-corrected chi connectivity index (χ3v) is 4.11. The molecule has 0 radical (unpaired) electrons. The van der Waals surface area contributed by atoms with Crippen molar-refractivity contribution in [1.29, 1.82) is 0 Å². The lowest BCUT2D eigenvalue weighted by Crippen LogP contribution is -2.05. The van der Waals surface area contributed by atoms with E-state index < -0.39 is 5.97 Å². The van der Waals surface area contributed by atoms with Crippen LogP contribution in [0.4, 0.5) is 0 Å². The van der Waals surface area contributed by atoms with E-state index in [0.29, 0.717) is 16.9 Å². The van der Waals surface area contributed by atoms with Crippen LogP contribution < -0.4 is 0 Å². The Balaban J connectivity index is 2.08. The number of ether oxygens (including phenoxy) is 1. The molecule has 18 heavy (non-hydrogen) atoms. The van der Waals surface area contributed by atoms with Crippen molar-refractivity contribution >= 4 is 24.0 Å². The Kier molecular flexibility index (Phi) is 2.80. The summed E-state index contributed by atoms with van der Waals surface area (Å²) in [5.74, 6) is 0.248. The van der Waals surface area contributed by atoms with Crippen LogP contribution in [-0.4, -0.2) is 12.3 Å². The van der Waals surface area contributed by atoms with Gasteiger partial charge in [-0.05, 0) is 31.1 Å². The highest BCUT2D eigenvalue weighted by molar-refractivity contribution is 8.03. The summed E-state index contributed by atoms with van der Waals surface area (Å²) in [7, 11) is 0. The number of thioether (sulfide) groups is 1. The fourth-order valence-corrected chi connectivity index (χ4v) is 3.05. The molecule has 1 aliphatic carbocycles. The van der Waals surface area contributed by atoms with Crippen molar-refractivity contribution in [3.63, 3.8) is 0 Å². The summed E-state index contributed by atoms with van der Waals surface area (Å²) in [6, 6.07) is 5.11. The second-order valence-corrected chi connectivity index (χ2v) is 5.23. The number of carbonyl (C=O) groups is 2. The SMILES string of the molecule is O=Cc1ccc2c(c1)C(=O)OC1=C(CCC=C1)S2. The van der Waals surface area contributed by atoms with Crippen molar-refractivity contribution in [2.75, 3.05) is 0 Å². The van der Waals surface area contributed by atoms with Crippen LogP contribution in [0.2, 0.25) is 0 Å². The molecule has 0 fully saturated rings. The largest absolute Gasteiger partial charge is 0.422 e. The van der Waals surface area contributed by atoms with Crippen LogP contribution in [-0.2, 0) is 4.74 Å². The fourth-order valence-electron chi connectivity index (χ4n) is 1.97. The van der Waals surface area contributed by atoms with Gasteiger partial charge in [-0.25, -0.2) is 4.79 Å². The minimum Gasteiger partial charge on any atom is -0.422 e. The lowest BCUT2D eigenvalue weighted by molar-refractivity contribution is 0.0632. The molecule has 0 amide bonds. The second-order valence-electron chi connectivity index (χ2n) is 4.09. The standard InChI is InChI=1S/C14H10O3S/c15-8-9-5-6-12-10(7-9)14(16)17-11-3-1-2-4-13(11)18-12/h1,3,5-8H,2,4H2. The van der Waals surface area contributed by atoms with Gasteiger partial charge in [0.25, 0.3) is 0 Å². The number of carbonyl (C=O) groups excluding carboxylic acids is 2. The van der Waals surface area contributed by atoms with E-state index >= 15 is 0 Å². The average Bonchev–Trinajstić information content (AvgIpc) is 2.54. The number of benzene rings is 1. The third kappa shape index (κ3) is 1.88. The summed E-state index contributed by atoms with van der Waals surface area (Å²) in [4.78, 5) is 24.7. The smallest absolute Gasteiger partial charge is 0.344 e. The molecule has 0 bridgehead atoms. The number of esters is 1. The zero-order valence-electron chi connectivity index (χ0n) is 9.51. The molecule has 1 aromatic carbocycles. The molecule has 0 atom stereocenters. The van der Waals surface area contributed by atoms with Crippen LogP contribution >= 0.6 is 11.8 Å². The van der Waals surface area contributed by atoms with Crippen LogP contribution in [0.15, 0.2) is 45.9 Å². The minimum atomic E-state index is -0.391. The van der Waals surface area contributed by atoms with Gasteiger partial charge < -0.3 is 4.74 Å². The van der Waals surface area contributed by atoms with E-state index in [2.05, 4.69) is 0 Å². The maximum absolute atomic E-state index is 12.0. The first-order valence-electron chi connectivity index (χ1n) is 5.67. The Morgan fingerprint density at radius 3 is 3.06 bits per heavy atom.